The third-order valence-electron chi connectivity index (χ3n) is 5.90. The van der Waals surface area contributed by atoms with E-state index in [0.29, 0.717) is 35.8 Å². The van der Waals surface area contributed by atoms with Crippen LogP contribution in [-0.2, 0) is 4.74 Å². The van der Waals surface area contributed by atoms with Gasteiger partial charge < -0.3 is 20.1 Å². The number of piperidine rings is 1. The van der Waals surface area contributed by atoms with E-state index in [9.17, 15) is 9.59 Å². The van der Waals surface area contributed by atoms with Gasteiger partial charge in [-0.05, 0) is 76.9 Å². The van der Waals surface area contributed by atoms with Crippen molar-refractivity contribution >= 4 is 12.0 Å². The predicted molar refractivity (Wildman–Crippen MR) is 134 cm³/mol. The van der Waals surface area contributed by atoms with Crippen LogP contribution in [0.25, 0.3) is 11.3 Å². The van der Waals surface area contributed by atoms with Crippen LogP contribution in [0.5, 0.6) is 11.5 Å². The second-order valence-corrected chi connectivity index (χ2v) is 9.78. The van der Waals surface area contributed by atoms with Crippen molar-refractivity contribution in [3.8, 4) is 22.8 Å². The molecule has 0 spiro atoms. The van der Waals surface area contributed by atoms with Crippen LogP contribution in [0.4, 0.5) is 4.79 Å². The summed E-state index contributed by atoms with van der Waals surface area (Å²) < 4.78 is 13.3. The summed E-state index contributed by atoms with van der Waals surface area (Å²) in [5, 5.41) is 4.80. The molecule has 0 radical (unpaired) electrons. The van der Waals surface area contributed by atoms with Gasteiger partial charge in [0.25, 0.3) is 5.91 Å². The van der Waals surface area contributed by atoms with Crippen LogP contribution >= 0.6 is 0 Å². The summed E-state index contributed by atoms with van der Waals surface area (Å²) >= 11 is 0. The van der Waals surface area contributed by atoms with E-state index in [1.165, 1.54) is 0 Å². The van der Waals surface area contributed by atoms with Crippen LogP contribution in [0.15, 0.2) is 54.6 Å². The summed E-state index contributed by atoms with van der Waals surface area (Å²) in [6.07, 6.45) is 1.32. The average Bonchev–Trinajstić information content (AvgIpc) is 3.16. The number of carbonyl (C=O) groups is 2. The Kier molecular flexibility index (Phi) is 6.82. The summed E-state index contributed by atoms with van der Waals surface area (Å²) in [5.41, 5.74) is 7.57. The molecule has 2 amide bonds. The molecule has 35 heavy (non-hydrogen) atoms. The number of ether oxygens (including phenoxy) is 2. The second kappa shape index (κ2) is 9.82. The zero-order valence-corrected chi connectivity index (χ0v) is 20.7. The van der Waals surface area contributed by atoms with Gasteiger partial charge in [-0.25, -0.2) is 4.79 Å². The Morgan fingerprint density at radius 1 is 1.03 bits per heavy atom. The molecule has 0 saturated carbocycles. The SMILES string of the molecule is Cc1c(C(N)=O)c(-c2ccc(Oc3ccccc3)cc2)nn1C1CCCN(C(=O)OC(C)(C)C)C1. The summed E-state index contributed by atoms with van der Waals surface area (Å²) in [4.78, 5) is 26.7. The number of rotatable bonds is 5. The monoisotopic (exact) mass is 476 g/mol. The number of nitrogens with zero attached hydrogens (tertiary/aromatic N) is 3. The van der Waals surface area contributed by atoms with Gasteiger partial charge >= 0.3 is 6.09 Å². The van der Waals surface area contributed by atoms with Crippen molar-refractivity contribution in [3.63, 3.8) is 0 Å². The standard InChI is InChI=1S/C27H32N4O4/c1-18-23(25(28)32)24(19-12-14-22(15-13-19)34-21-10-6-5-7-11-21)29-31(18)20-9-8-16-30(17-20)26(33)35-27(2,3)4/h5-7,10-15,20H,8-9,16-17H2,1-4H3,(H2,28,32). The highest BCUT2D eigenvalue weighted by Gasteiger charge is 2.31. The molecule has 1 unspecified atom stereocenters. The number of likely N-dealkylation sites (tertiary alicyclic amines) is 1. The van der Waals surface area contributed by atoms with Gasteiger partial charge in [0.1, 0.15) is 22.8 Å². The normalized spacial score (nSPS) is 16.1. The van der Waals surface area contributed by atoms with E-state index in [-0.39, 0.29) is 12.1 Å². The lowest BCUT2D eigenvalue weighted by Gasteiger charge is -2.34. The van der Waals surface area contributed by atoms with Gasteiger partial charge in [0.2, 0.25) is 0 Å². The fourth-order valence-corrected chi connectivity index (χ4v) is 4.32. The first-order valence-corrected chi connectivity index (χ1v) is 11.8. The summed E-state index contributed by atoms with van der Waals surface area (Å²) in [5.74, 6) is 0.884. The largest absolute Gasteiger partial charge is 0.457 e. The van der Waals surface area contributed by atoms with Crippen molar-refractivity contribution in [2.75, 3.05) is 13.1 Å². The molecule has 2 N–H and O–H groups in total. The maximum Gasteiger partial charge on any atom is 0.410 e. The molecule has 8 nitrogen and oxygen atoms in total. The van der Waals surface area contributed by atoms with Gasteiger partial charge in [-0.2, -0.15) is 5.10 Å². The van der Waals surface area contributed by atoms with Crippen LogP contribution in [0, 0.1) is 6.92 Å². The van der Waals surface area contributed by atoms with Gasteiger partial charge in [-0.1, -0.05) is 18.2 Å². The van der Waals surface area contributed by atoms with Gasteiger partial charge in [0.15, 0.2) is 0 Å². The van der Waals surface area contributed by atoms with E-state index in [4.69, 9.17) is 20.3 Å². The van der Waals surface area contributed by atoms with E-state index in [2.05, 4.69) is 0 Å². The molecular formula is C27H32N4O4. The van der Waals surface area contributed by atoms with Gasteiger partial charge in [0.05, 0.1) is 11.6 Å². The minimum Gasteiger partial charge on any atom is -0.457 e. The highest BCUT2D eigenvalue weighted by molar-refractivity contribution is 6.00. The van der Waals surface area contributed by atoms with Crippen LogP contribution < -0.4 is 10.5 Å². The lowest BCUT2D eigenvalue weighted by Crippen LogP contribution is -2.43. The predicted octanol–water partition coefficient (Wildman–Crippen LogP) is 5.32. The minimum atomic E-state index is -0.561. The first-order chi connectivity index (χ1) is 16.6. The Morgan fingerprint density at radius 3 is 2.31 bits per heavy atom. The van der Waals surface area contributed by atoms with Crippen LogP contribution in [-0.4, -0.2) is 45.4 Å². The van der Waals surface area contributed by atoms with Gasteiger partial charge in [-0.15, -0.1) is 0 Å². The van der Waals surface area contributed by atoms with Crippen molar-refractivity contribution in [1.29, 1.82) is 0 Å². The number of hydrogen-bond donors (Lipinski definition) is 1. The van der Waals surface area contributed by atoms with Crippen molar-refractivity contribution in [1.82, 2.24) is 14.7 Å². The third kappa shape index (κ3) is 5.65. The molecule has 184 valence electrons. The molecule has 3 aromatic rings. The molecular weight excluding hydrogens is 444 g/mol. The molecule has 0 aliphatic carbocycles. The Morgan fingerprint density at radius 2 is 1.69 bits per heavy atom. The number of amides is 2. The van der Waals surface area contributed by atoms with E-state index < -0.39 is 11.5 Å². The number of benzene rings is 2. The van der Waals surface area contributed by atoms with Crippen molar-refractivity contribution in [2.45, 2.75) is 52.2 Å². The molecule has 1 fully saturated rings. The molecule has 2 heterocycles. The first-order valence-electron chi connectivity index (χ1n) is 11.8. The molecule has 1 atom stereocenters. The maximum absolute atomic E-state index is 12.6. The maximum atomic E-state index is 12.6. The molecule has 2 aromatic carbocycles. The first kappa shape index (κ1) is 24.3. The second-order valence-electron chi connectivity index (χ2n) is 9.78. The molecule has 1 aliphatic heterocycles. The molecule has 1 aromatic heterocycles. The zero-order valence-electron chi connectivity index (χ0n) is 20.7. The molecule has 4 rings (SSSR count). The van der Waals surface area contributed by atoms with Crippen LogP contribution in [0.2, 0.25) is 0 Å². The quantitative estimate of drug-likeness (QED) is 0.537. The number of primary amides is 1. The fraction of sp³-hybridized carbons (Fsp3) is 0.370. The average molecular weight is 477 g/mol. The highest BCUT2D eigenvalue weighted by atomic mass is 16.6. The zero-order chi connectivity index (χ0) is 25.2. The lowest BCUT2D eigenvalue weighted by molar-refractivity contribution is 0.0166. The Balaban J connectivity index is 1.59. The molecule has 0 bridgehead atoms. The van der Waals surface area contributed by atoms with E-state index in [1.54, 1.807) is 4.90 Å². The van der Waals surface area contributed by atoms with Crippen molar-refractivity contribution < 1.29 is 19.1 Å². The number of carbonyl (C=O) groups excluding carboxylic acids is 2. The van der Waals surface area contributed by atoms with E-state index >= 15 is 0 Å². The summed E-state index contributed by atoms with van der Waals surface area (Å²) in [7, 11) is 0. The van der Waals surface area contributed by atoms with Crippen molar-refractivity contribution in [2.24, 2.45) is 5.73 Å². The fourth-order valence-electron chi connectivity index (χ4n) is 4.32. The molecule has 8 heteroatoms. The molecule has 1 aliphatic rings. The van der Waals surface area contributed by atoms with Crippen LogP contribution in [0.1, 0.15) is 55.7 Å². The number of para-hydroxylation sites is 1. The third-order valence-corrected chi connectivity index (χ3v) is 5.90. The number of aromatic nitrogens is 2. The molecule has 1 saturated heterocycles. The smallest absolute Gasteiger partial charge is 0.410 e. The van der Waals surface area contributed by atoms with E-state index in [1.807, 2.05) is 87.0 Å². The van der Waals surface area contributed by atoms with Crippen LogP contribution in [0.3, 0.4) is 0 Å². The highest BCUT2D eigenvalue weighted by Crippen LogP contribution is 2.32. The summed E-state index contributed by atoms with van der Waals surface area (Å²) in [6.45, 7) is 8.49. The Bertz CT molecular complexity index is 1200. The van der Waals surface area contributed by atoms with Gasteiger partial charge in [-0.3, -0.25) is 9.48 Å². The topological polar surface area (TPSA) is 99.7 Å². The Hall–Kier alpha value is -3.81. The minimum absolute atomic E-state index is 0.0798. The Labute approximate surface area is 205 Å². The summed E-state index contributed by atoms with van der Waals surface area (Å²) in [6, 6.07) is 16.8. The lowest BCUT2D eigenvalue weighted by atomic mass is 10.0. The number of hydrogen-bond acceptors (Lipinski definition) is 5. The van der Waals surface area contributed by atoms with Gasteiger partial charge in [0, 0.05) is 24.3 Å². The van der Waals surface area contributed by atoms with Crippen molar-refractivity contribution in [3.05, 3.63) is 65.9 Å². The van der Waals surface area contributed by atoms with E-state index in [0.717, 1.165) is 24.2 Å². The number of nitrogens with two attached hydrogens (primary N) is 1.